The minimum atomic E-state index is 0.00368. The number of hydrogen-bond acceptors (Lipinski definition) is 2. The molecule has 3 rings (SSSR count). The molecule has 0 bridgehead atoms. The van der Waals surface area contributed by atoms with Gasteiger partial charge in [0.25, 0.3) is 0 Å². The monoisotopic (exact) mass is 232 g/mol. The van der Waals surface area contributed by atoms with Crippen molar-refractivity contribution in [3.8, 4) is 5.75 Å². The number of amides is 2. The molecule has 1 saturated heterocycles. The summed E-state index contributed by atoms with van der Waals surface area (Å²) < 4.78 is 5.59. The van der Waals surface area contributed by atoms with Crippen LogP contribution in [0.3, 0.4) is 0 Å². The highest BCUT2D eigenvalue weighted by atomic mass is 16.5. The number of ether oxygens (including phenoxy) is 1. The Morgan fingerprint density at radius 3 is 3.12 bits per heavy atom. The van der Waals surface area contributed by atoms with E-state index >= 15 is 0 Å². The summed E-state index contributed by atoms with van der Waals surface area (Å²) in [6.45, 7) is 1.50. The van der Waals surface area contributed by atoms with Crippen molar-refractivity contribution in [3.05, 3.63) is 29.3 Å². The number of benzene rings is 1. The standard InChI is InChI=1S/C13H16N2O2/c1-15-11(8-14-13(15)16)9-4-5-12-10(7-9)3-2-6-17-12/h4-5,7,11H,2-3,6,8H2,1H3,(H,14,16). The van der Waals surface area contributed by atoms with Crippen LogP contribution in [0.25, 0.3) is 0 Å². The van der Waals surface area contributed by atoms with Gasteiger partial charge in [0.05, 0.1) is 12.6 Å². The second-order valence-corrected chi connectivity index (χ2v) is 4.63. The van der Waals surface area contributed by atoms with Gasteiger partial charge in [0.2, 0.25) is 0 Å². The van der Waals surface area contributed by atoms with Gasteiger partial charge in [0, 0.05) is 13.6 Å². The number of rotatable bonds is 1. The summed E-state index contributed by atoms with van der Waals surface area (Å²) in [5, 5.41) is 2.85. The molecule has 0 saturated carbocycles. The number of nitrogens with zero attached hydrogens (tertiary/aromatic N) is 1. The summed E-state index contributed by atoms with van der Waals surface area (Å²) in [6.07, 6.45) is 2.15. The summed E-state index contributed by atoms with van der Waals surface area (Å²) >= 11 is 0. The molecule has 2 amide bonds. The second kappa shape index (κ2) is 3.95. The first-order valence-electron chi connectivity index (χ1n) is 6.02. The molecule has 0 spiro atoms. The Morgan fingerprint density at radius 2 is 2.35 bits per heavy atom. The van der Waals surface area contributed by atoms with Gasteiger partial charge < -0.3 is 15.0 Å². The summed E-state index contributed by atoms with van der Waals surface area (Å²) in [5.41, 5.74) is 2.46. The molecule has 4 nitrogen and oxygen atoms in total. The van der Waals surface area contributed by atoms with Gasteiger partial charge in [0.1, 0.15) is 5.75 Å². The van der Waals surface area contributed by atoms with E-state index in [1.807, 2.05) is 13.1 Å². The molecule has 1 aromatic carbocycles. The Balaban J connectivity index is 1.91. The van der Waals surface area contributed by atoms with Crippen LogP contribution in [0, 0.1) is 0 Å². The smallest absolute Gasteiger partial charge is 0.317 e. The van der Waals surface area contributed by atoms with Crippen LogP contribution in [0.15, 0.2) is 18.2 Å². The molecule has 17 heavy (non-hydrogen) atoms. The largest absolute Gasteiger partial charge is 0.493 e. The molecule has 2 aliphatic heterocycles. The molecule has 2 aliphatic rings. The topological polar surface area (TPSA) is 41.6 Å². The highest BCUT2D eigenvalue weighted by Crippen LogP contribution is 2.30. The summed E-state index contributed by atoms with van der Waals surface area (Å²) in [6, 6.07) is 6.42. The third kappa shape index (κ3) is 1.73. The zero-order valence-corrected chi connectivity index (χ0v) is 9.90. The van der Waals surface area contributed by atoms with Crippen LogP contribution in [0.5, 0.6) is 5.75 Å². The van der Waals surface area contributed by atoms with Gasteiger partial charge in [-0.3, -0.25) is 0 Å². The van der Waals surface area contributed by atoms with Crippen molar-refractivity contribution >= 4 is 6.03 Å². The lowest BCUT2D eigenvalue weighted by atomic mass is 9.99. The Morgan fingerprint density at radius 1 is 1.47 bits per heavy atom. The number of fused-ring (bicyclic) bond motifs is 1. The van der Waals surface area contributed by atoms with E-state index in [9.17, 15) is 4.79 Å². The molecule has 1 atom stereocenters. The van der Waals surface area contributed by atoms with Crippen molar-refractivity contribution in [2.45, 2.75) is 18.9 Å². The number of carbonyl (C=O) groups excluding carboxylic acids is 1. The number of urea groups is 1. The third-order valence-electron chi connectivity index (χ3n) is 3.55. The van der Waals surface area contributed by atoms with Crippen molar-refractivity contribution < 1.29 is 9.53 Å². The van der Waals surface area contributed by atoms with Crippen LogP contribution in [0.1, 0.15) is 23.6 Å². The van der Waals surface area contributed by atoms with E-state index in [-0.39, 0.29) is 12.1 Å². The normalized spacial score (nSPS) is 23.0. The average Bonchev–Trinajstić information content (AvgIpc) is 2.70. The molecular weight excluding hydrogens is 216 g/mol. The number of hydrogen-bond donors (Lipinski definition) is 1. The summed E-state index contributed by atoms with van der Waals surface area (Å²) in [5.74, 6) is 1.000. The molecule has 1 N–H and O–H groups in total. The lowest BCUT2D eigenvalue weighted by Crippen LogP contribution is -2.25. The van der Waals surface area contributed by atoms with Crippen LogP contribution in [0.2, 0.25) is 0 Å². The molecule has 2 heterocycles. The Kier molecular flexibility index (Phi) is 2.42. The van der Waals surface area contributed by atoms with Crippen LogP contribution >= 0.6 is 0 Å². The van der Waals surface area contributed by atoms with Gasteiger partial charge >= 0.3 is 6.03 Å². The predicted molar refractivity (Wildman–Crippen MR) is 64.2 cm³/mol. The minimum Gasteiger partial charge on any atom is -0.493 e. The molecule has 0 radical (unpaired) electrons. The molecule has 0 aliphatic carbocycles. The maximum Gasteiger partial charge on any atom is 0.317 e. The maximum absolute atomic E-state index is 11.4. The number of aryl methyl sites for hydroxylation is 1. The Hall–Kier alpha value is -1.71. The summed E-state index contributed by atoms with van der Waals surface area (Å²) in [4.78, 5) is 13.2. The van der Waals surface area contributed by atoms with E-state index < -0.39 is 0 Å². The van der Waals surface area contributed by atoms with Gasteiger partial charge in [-0.15, -0.1) is 0 Å². The quantitative estimate of drug-likeness (QED) is 0.800. The fraction of sp³-hybridized carbons (Fsp3) is 0.462. The molecule has 4 heteroatoms. The van der Waals surface area contributed by atoms with Crippen molar-refractivity contribution in [1.82, 2.24) is 10.2 Å². The fourth-order valence-corrected chi connectivity index (χ4v) is 2.52. The van der Waals surface area contributed by atoms with E-state index in [1.54, 1.807) is 4.90 Å². The molecule has 0 aromatic heterocycles. The van der Waals surface area contributed by atoms with Crippen molar-refractivity contribution in [2.75, 3.05) is 20.2 Å². The van der Waals surface area contributed by atoms with Crippen molar-refractivity contribution in [2.24, 2.45) is 0 Å². The lowest BCUT2D eigenvalue weighted by molar-refractivity contribution is 0.216. The van der Waals surface area contributed by atoms with E-state index in [4.69, 9.17) is 4.74 Å². The fourth-order valence-electron chi connectivity index (χ4n) is 2.52. The van der Waals surface area contributed by atoms with E-state index in [2.05, 4.69) is 17.4 Å². The SMILES string of the molecule is CN1C(=O)NCC1c1ccc2c(c1)CCCO2. The minimum absolute atomic E-state index is 0.00368. The van der Waals surface area contributed by atoms with E-state index in [1.165, 1.54) is 11.1 Å². The van der Waals surface area contributed by atoms with Crippen LogP contribution in [0.4, 0.5) is 4.79 Å². The number of nitrogens with one attached hydrogen (secondary N) is 1. The first kappa shape index (κ1) is 10.4. The average molecular weight is 232 g/mol. The van der Waals surface area contributed by atoms with Gasteiger partial charge in [-0.05, 0) is 36.1 Å². The van der Waals surface area contributed by atoms with Gasteiger partial charge in [-0.2, -0.15) is 0 Å². The Bertz CT molecular complexity index is 459. The van der Waals surface area contributed by atoms with Gasteiger partial charge in [-0.25, -0.2) is 4.79 Å². The molecule has 1 aromatic rings. The highest BCUT2D eigenvalue weighted by molar-refractivity contribution is 5.76. The zero-order valence-electron chi connectivity index (χ0n) is 9.90. The second-order valence-electron chi connectivity index (χ2n) is 4.63. The van der Waals surface area contributed by atoms with E-state index in [0.29, 0.717) is 6.54 Å². The zero-order chi connectivity index (χ0) is 11.8. The van der Waals surface area contributed by atoms with Crippen LogP contribution < -0.4 is 10.1 Å². The third-order valence-corrected chi connectivity index (χ3v) is 3.55. The predicted octanol–water partition coefficient (Wildman–Crippen LogP) is 1.71. The lowest BCUT2D eigenvalue weighted by Gasteiger charge is -2.22. The molecule has 1 unspecified atom stereocenters. The van der Waals surface area contributed by atoms with Crippen molar-refractivity contribution in [3.63, 3.8) is 0 Å². The Labute approximate surface area is 101 Å². The number of likely N-dealkylation sites (N-methyl/N-ethyl adjacent to an activating group) is 1. The van der Waals surface area contributed by atoms with Crippen molar-refractivity contribution in [1.29, 1.82) is 0 Å². The van der Waals surface area contributed by atoms with E-state index in [0.717, 1.165) is 25.2 Å². The number of carbonyl (C=O) groups is 1. The van der Waals surface area contributed by atoms with Gasteiger partial charge in [0.15, 0.2) is 0 Å². The first-order valence-corrected chi connectivity index (χ1v) is 6.02. The van der Waals surface area contributed by atoms with Crippen LogP contribution in [-0.2, 0) is 6.42 Å². The molecule has 1 fully saturated rings. The summed E-state index contributed by atoms with van der Waals surface area (Å²) in [7, 11) is 1.84. The maximum atomic E-state index is 11.4. The molecule has 90 valence electrons. The van der Waals surface area contributed by atoms with Crippen LogP contribution in [-0.4, -0.2) is 31.1 Å². The first-order chi connectivity index (χ1) is 8.25. The van der Waals surface area contributed by atoms with Gasteiger partial charge in [-0.1, -0.05) is 6.07 Å². The highest BCUT2D eigenvalue weighted by Gasteiger charge is 2.29. The molecular formula is C13H16N2O2.